The second-order valence-electron chi connectivity index (χ2n) is 4.14. The van der Waals surface area contributed by atoms with Gasteiger partial charge >= 0.3 is 5.69 Å². The second-order valence-corrected chi connectivity index (χ2v) is 4.14. The standard InChI is InChI=1S/C12H17FN2O3/c1-9(2)18-6-5-14-8-10-3-4-12(15(16)17)11(13)7-10/h3-4,7,9,14H,5-6,8H2,1-2H3. The van der Waals surface area contributed by atoms with E-state index in [-0.39, 0.29) is 6.10 Å². The molecule has 5 nitrogen and oxygen atoms in total. The molecule has 0 saturated heterocycles. The maximum absolute atomic E-state index is 13.3. The minimum absolute atomic E-state index is 0.184. The predicted octanol–water partition coefficient (Wildman–Crippen LogP) is 2.25. The third-order valence-electron chi connectivity index (χ3n) is 2.27. The van der Waals surface area contributed by atoms with Crippen molar-refractivity contribution < 1.29 is 14.1 Å². The fourth-order valence-electron chi connectivity index (χ4n) is 1.41. The lowest BCUT2D eigenvalue weighted by Crippen LogP contribution is -2.21. The van der Waals surface area contributed by atoms with Crippen LogP contribution in [0.4, 0.5) is 10.1 Å². The van der Waals surface area contributed by atoms with Crippen LogP contribution in [0.2, 0.25) is 0 Å². The number of halogens is 1. The van der Waals surface area contributed by atoms with Crippen LogP contribution < -0.4 is 5.32 Å². The van der Waals surface area contributed by atoms with Gasteiger partial charge in [0.05, 0.1) is 17.6 Å². The lowest BCUT2D eigenvalue weighted by Gasteiger charge is -2.08. The minimum atomic E-state index is -0.808. The Hall–Kier alpha value is -1.53. The molecule has 0 unspecified atom stereocenters. The van der Waals surface area contributed by atoms with Crippen LogP contribution in [0.3, 0.4) is 0 Å². The van der Waals surface area contributed by atoms with Crippen molar-refractivity contribution in [2.75, 3.05) is 13.2 Å². The molecule has 0 heterocycles. The number of hydrogen-bond donors (Lipinski definition) is 1. The second kappa shape index (κ2) is 7.03. The number of nitro groups is 1. The fourth-order valence-corrected chi connectivity index (χ4v) is 1.41. The zero-order valence-corrected chi connectivity index (χ0v) is 10.5. The van der Waals surface area contributed by atoms with E-state index >= 15 is 0 Å². The summed E-state index contributed by atoms with van der Waals surface area (Å²) >= 11 is 0. The van der Waals surface area contributed by atoms with E-state index in [0.717, 1.165) is 0 Å². The molecule has 18 heavy (non-hydrogen) atoms. The highest BCUT2D eigenvalue weighted by atomic mass is 19.1. The van der Waals surface area contributed by atoms with Crippen molar-refractivity contribution in [1.82, 2.24) is 5.32 Å². The van der Waals surface area contributed by atoms with E-state index in [4.69, 9.17) is 4.74 Å². The molecule has 0 saturated carbocycles. The van der Waals surface area contributed by atoms with Crippen molar-refractivity contribution in [3.05, 3.63) is 39.7 Å². The van der Waals surface area contributed by atoms with Crippen molar-refractivity contribution in [3.63, 3.8) is 0 Å². The monoisotopic (exact) mass is 256 g/mol. The Morgan fingerprint density at radius 1 is 1.50 bits per heavy atom. The van der Waals surface area contributed by atoms with Gasteiger partial charge in [0.25, 0.3) is 0 Å². The summed E-state index contributed by atoms with van der Waals surface area (Å²) in [7, 11) is 0. The Bertz CT molecular complexity index is 410. The molecule has 1 aromatic carbocycles. The zero-order valence-electron chi connectivity index (χ0n) is 10.5. The molecule has 0 spiro atoms. The summed E-state index contributed by atoms with van der Waals surface area (Å²) in [6.07, 6.45) is 0.184. The molecule has 0 atom stereocenters. The number of ether oxygens (including phenoxy) is 1. The van der Waals surface area contributed by atoms with Gasteiger partial charge in [0.15, 0.2) is 0 Å². The lowest BCUT2D eigenvalue weighted by molar-refractivity contribution is -0.387. The highest BCUT2D eigenvalue weighted by Crippen LogP contribution is 2.17. The summed E-state index contributed by atoms with van der Waals surface area (Å²) in [6.45, 7) is 5.58. The Labute approximate surface area is 105 Å². The molecule has 0 aliphatic carbocycles. The van der Waals surface area contributed by atoms with Crippen LogP contribution in [0.5, 0.6) is 0 Å². The summed E-state index contributed by atoms with van der Waals surface area (Å²) in [5, 5.41) is 13.5. The molecular weight excluding hydrogens is 239 g/mol. The first-order chi connectivity index (χ1) is 8.50. The molecule has 0 bridgehead atoms. The maximum atomic E-state index is 13.3. The first kappa shape index (κ1) is 14.5. The normalized spacial score (nSPS) is 10.9. The summed E-state index contributed by atoms with van der Waals surface area (Å²) in [6, 6.07) is 3.89. The maximum Gasteiger partial charge on any atom is 0.304 e. The molecule has 1 aromatic rings. The van der Waals surface area contributed by atoms with Gasteiger partial charge in [-0.3, -0.25) is 10.1 Å². The molecular formula is C12H17FN2O3. The Kier molecular flexibility index (Phi) is 5.67. The number of hydrogen-bond acceptors (Lipinski definition) is 4. The SMILES string of the molecule is CC(C)OCCNCc1ccc([N+](=O)[O-])c(F)c1. The highest BCUT2D eigenvalue weighted by Gasteiger charge is 2.13. The zero-order chi connectivity index (χ0) is 13.5. The van der Waals surface area contributed by atoms with E-state index in [1.165, 1.54) is 18.2 Å². The van der Waals surface area contributed by atoms with Gasteiger partial charge in [-0.25, -0.2) is 0 Å². The molecule has 0 fully saturated rings. The molecule has 0 aliphatic heterocycles. The van der Waals surface area contributed by atoms with Gasteiger partial charge in [0, 0.05) is 19.2 Å². The van der Waals surface area contributed by atoms with Gasteiger partial charge in [-0.1, -0.05) is 6.07 Å². The molecule has 100 valence electrons. The molecule has 0 radical (unpaired) electrons. The fraction of sp³-hybridized carbons (Fsp3) is 0.500. The summed E-state index contributed by atoms with van der Waals surface area (Å²) < 4.78 is 18.6. The molecule has 1 N–H and O–H groups in total. The van der Waals surface area contributed by atoms with Crippen LogP contribution in [0.15, 0.2) is 18.2 Å². The van der Waals surface area contributed by atoms with Crippen molar-refractivity contribution in [2.45, 2.75) is 26.5 Å². The topological polar surface area (TPSA) is 64.4 Å². The van der Waals surface area contributed by atoms with E-state index in [9.17, 15) is 14.5 Å². The van der Waals surface area contributed by atoms with E-state index in [2.05, 4.69) is 5.32 Å². The van der Waals surface area contributed by atoms with Crippen molar-refractivity contribution in [2.24, 2.45) is 0 Å². The molecule has 0 aliphatic rings. The lowest BCUT2D eigenvalue weighted by atomic mass is 10.2. The van der Waals surface area contributed by atoms with Gasteiger partial charge < -0.3 is 10.1 Å². The van der Waals surface area contributed by atoms with Gasteiger partial charge in [-0.05, 0) is 25.5 Å². The third-order valence-corrected chi connectivity index (χ3v) is 2.27. The van der Waals surface area contributed by atoms with E-state index < -0.39 is 16.4 Å². The van der Waals surface area contributed by atoms with Gasteiger partial charge in [0.1, 0.15) is 0 Å². The number of nitro benzene ring substituents is 1. The molecule has 0 amide bonds. The Morgan fingerprint density at radius 2 is 2.22 bits per heavy atom. The van der Waals surface area contributed by atoms with Crippen LogP contribution in [-0.4, -0.2) is 24.2 Å². The highest BCUT2D eigenvalue weighted by molar-refractivity contribution is 5.34. The average Bonchev–Trinajstić information content (AvgIpc) is 2.27. The van der Waals surface area contributed by atoms with Gasteiger partial charge in [-0.2, -0.15) is 4.39 Å². The van der Waals surface area contributed by atoms with Crippen LogP contribution >= 0.6 is 0 Å². The average molecular weight is 256 g/mol. The predicted molar refractivity (Wildman–Crippen MR) is 65.8 cm³/mol. The summed E-state index contributed by atoms with van der Waals surface area (Å²) in [5.41, 5.74) is 0.171. The van der Waals surface area contributed by atoms with E-state index in [0.29, 0.717) is 25.3 Å². The number of rotatable bonds is 7. The summed E-state index contributed by atoms with van der Waals surface area (Å²) in [5.74, 6) is -0.808. The van der Waals surface area contributed by atoms with Crippen molar-refractivity contribution in [3.8, 4) is 0 Å². The van der Waals surface area contributed by atoms with Crippen LogP contribution in [0, 0.1) is 15.9 Å². The van der Waals surface area contributed by atoms with E-state index in [1.807, 2.05) is 13.8 Å². The largest absolute Gasteiger partial charge is 0.377 e. The first-order valence-corrected chi connectivity index (χ1v) is 5.76. The Balaban J connectivity index is 2.39. The van der Waals surface area contributed by atoms with Crippen molar-refractivity contribution in [1.29, 1.82) is 0 Å². The van der Waals surface area contributed by atoms with Crippen LogP contribution in [0.25, 0.3) is 0 Å². The van der Waals surface area contributed by atoms with Gasteiger partial charge in [0.2, 0.25) is 5.82 Å². The van der Waals surface area contributed by atoms with Crippen molar-refractivity contribution >= 4 is 5.69 Å². The molecule has 6 heteroatoms. The van der Waals surface area contributed by atoms with E-state index in [1.54, 1.807) is 0 Å². The Morgan fingerprint density at radius 3 is 2.78 bits per heavy atom. The molecule has 1 rings (SSSR count). The number of benzene rings is 1. The quantitative estimate of drug-likeness (QED) is 0.461. The first-order valence-electron chi connectivity index (χ1n) is 5.76. The number of nitrogens with zero attached hydrogens (tertiary/aromatic N) is 1. The van der Waals surface area contributed by atoms with Gasteiger partial charge in [-0.15, -0.1) is 0 Å². The van der Waals surface area contributed by atoms with Crippen LogP contribution in [0.1, 0.15) is 19.4 Å². The summed E-state index contributed by atoms with van der Waals surface area (Å²) in [4.78, 5) is 9.70. The smallest absolute Gasteiger partial charge is 0.304 e. The number of nitrogens with one attached hydrogen (secondary N) is 1. The minimum Gasteiger partial charge on any atom is -0.377 e. The third kappa shape index (κ3) is 4.77. The van der Waals surface area contributed by atoms with Crippen LogP contribution in [-0.2, 0) is 11.3 Å². The molecule has 0 aromatic heterocycles.